The third kappa shape index (κ3) is 5.17. The fraction of sp³-hybridized carbons (Fsp3) is 0.533. The molecule has 0 aliphatic carbocycles. The second-order valence-electron chi connectivity index (χ2n) is 5.27. The first-order chi connectivity index (χ1) is 8.91. The first-order valence-electron chi connectivity index (χ1n) is 6.76. The number of aryl methyl sites for hydroxylation is 1. The number of hydrogen-bond donors (Lipinski definition) is 2. The summed E-state index contributed by atoms with van der Waals surface area (Å²) in [6.07, 6.45) is 1.10. The summed E-state index contributed by atoms with van der Waals surface area (Å²) in [6, 6.07) is 6.75. The Balaban J connectivity index is 2.52. The van der Waals surface area contributed by atoms with Gasteiger partial charge in [0.25, 0.3) is 0 Å². The van der Waals surface area contributed by atoms with Crippen molar-refractivity contribution in [1.82, 2.24) is 4.90 Å². The van der Waals surface area contributed by atoms with Gasteiger partial charge in [0.05, 0.1) is 0 Å². The summed E-state index contributed by atoms with van der Waals surface area (Å²) < 4.78 is 0. The molecule has 0 saturated carbocycles. The summed E-state index contributed by atoms with van der Waals surface area (Å²) in [7, 11) is 2.15. The fourth-order valence-electron chi connectivity index (χ4n) is 1.83. The molecule has 0 heterocycles. The van der Waals surface area contributed by atoms with Crippen LogP contribution in [0.5, 0.6) is 0 Å². The van der Waals surface area contributed by atoms with E-state index in [0.29, 0.717) is 11.0 Å². The third-order valence-corrected chi connectivity index (χ3v) is 3.55. The van der Waals surface area contributed by atoms with Crippen LogP contribution in [0.3, 0.4) is 0 Å². The van der Waals surface area contributed by atoms with Crippen LogP contribution in [0.4, 0.5) is 5.69 Å². The molecule has 1 rings (SSSR count). The zero-order valence-electron chi connectivity index (χ0n) is 12.4. The van der Waals surface area contributed by atoms with E-state index in [-0.39, 0.29) is 0 Å². The van der Waals surface area contributed by atoms with Crippen LogP contribution in [0, 0.1) is 6.92 Å². The monoisotopic (exact) mass is 279 g/mol. The summed E-state index contributed by atoms with van der Waals surface area (Å²) in [5, 5.41) is 3.42. The predicted octanol–water partition coefficient (Wildman–Crippen LogP) is 2.77. The van der Waals surface area contributed by atoms with E-state index in [4.69, 9.17) is 18.0 Å². The van der Waals surface area contributed by atoms with E-state index < -0.39 is 0 Å². The van der Waals surface area contributed by atoms with E-state index in [0.717, 1.165) is 30.8 Å². The molecule has 0 spiro atoms. The molecule has 19 heavy (non-hydrogen) atoms. The van der Waals surface area contributed by atoms with E-state index in [1.165, 1.54) is 5.56 Å². The topological polar surface area (TPSA) is 41.3 Å². The zero-order chi connectivity index (χ0) is 14.4. The smallest absolute Gasteiger partial charge is 0.106 e. The average Bonchev–Trinajstić information content (AvgIpc) is 2.35. The highest BCUT2D eigenvalue weighted by Gasteiger charge is 2.06. The number of nitrogens with zero attached hydrogens (tertiary/aromatic N) is 1. The number of rotatable bonds is 7. The van der Waals surface area contributed by atoms with Crippen molar-refractivity contribution < 1.29 is 0 Å². The maximum Gasteiger partial charge on any atom is 0.106 e. The highest BCUT2D eigenvalue weighted by molar-refractivity contribution is 7.80. The molecule has 0 aliphatic heterocycles. The lowest BCUT2D eigenvalue weighted by Gasteiger charge is -2.21. The van der Waals surface area contributed by atoms with Gasteiger partial charge in [-0.15, -0.1) is 0 Å². The molecule has 0 saturated heterocycles. The van der Waals surface area contributed by atoms with E-state index in [1.54, 1.807) is 0 Å². The molecule has 0 atom stereocenters. The van der Waals surface area contributed by atoms with Gasteiger partial charge in [0.15, 0.2) is 0 Å². The summed E-state index contributed by atoms with van der Waals surface area (Å²) in [5.74, 6) is 0. The largest absolute Gasteiger partial charge is 0.389 e. The molecule has 0 radical (unpaired) electrons. The molecule has 0 aromatic heterocycles. The molecule has 0 fully saturated rings. The number of thiocarbonyl (C=S) groups is 1. The van der Waals surface area contributed by atoms with Crippen LogP contribution >= 0.6 is 12.2 Å². The van der Waals surface area contributed by atoms with E-state index in [9.17, 15) is 0 Å². The van der Waals surface area contributed by atoms with Gasteiger partial charge >= 0.3 is 0 Å². The Hall–Kier alpha value is -1.13. The molecular formula is C15H25N3S. The summed E-state index contributed by atoms with van der Waals surface area (Å²) in [4.78, 5) is 2.79. The number of nitrogens with two attached hydrogens (primary N) is 1. The quantitative estimate of drug-likeness (QED) is 0.595. The van der Waals surface area contributed by atoms with Crippen molar-refractivity contribution in [3.8, 4) is 0 Å². The van der Waals surface area contributed by atoms with Gasteiger partial charge in [0.2, 0.25) is 0 Å². The third-order valence-electron chi connectivity index (χ3n) is 3.33. The van der Waals surface area contributed by atoms with Gasteiger partial charge in [0.1, 0.15) is 4.99 Å². The molecule has 1 aromatic carbocycles. The van der Waals surface area contributed by atoms with Crippen LogP contribution in [-0.2, 0) is 0 Å². The highest BCUT2D eigenvalue weighted by Crippen LogP contribution is 2.17. The van der Waals surface area contributed by atoms with Gasteiger partial charge in [-0.25, -0.2) is 0 Å². The van der Waals surface area contributed by atoms with Gasteiger partial charge < -0.3 is 16.0 Å². The van der Waals surface area contributed by atoms with Crippen molar-refractivity contribution in [2.24, 2.45) is 5.73 Å². The van der Waals surface area contributed by atoms with Crippen molar-refractivity contribution in [1.29, 1.82) is 0 Å². The number of hydrogen-bond acceptors (Lipinski definition) is 3. The maximum atomic E-state index is 5.76. The molecule has 3 N–H and O–H groups in total. The Labute approximate surface area is 122 Å². The van der Waals surface area contributed by atoms with Crippen LogP contribution < -0.4 is 11.1 Å². The van der Waals surface area contributed by atoms with Crippen molar-refractivity contribution in [3.05, 3.63) is 29.3 Å². The fourth-order valence-corrected chi connectivity index (χ4v) is 1.99. The lowest BCUT2D eigenvalue weighted by atomic mass is 10.1. The summed E-state index contributed by atoms with van der Waals surface area (Å²) in [5.41, 5.74) is 8.90. The average molecular weight is 279 g/mol. The van der Waals surface area contributed by atoms with Gasteiger partial charge in [0, 0.05) is 23.8 Å². The van der Waals surface area contributed by atoms with Crippen molar-refractivity contribution in [2.45, 2.75) is 33.2 Å². The van der Waals surface area contributed by atoms with Crippen LogP contribution in [-0.4, -0.2) is 36.1 Å². The standard InChI is InChI=1S/C15H25N3S/c1-11(2)18(4)9-5-8-17-14-7-6-12(3)10-13(14)15(16)19/h6-7,10-11,17H,5,8-9H2,1-4H3,(H2,16,19). The Bertz CT molecular complexity index is 429. The first kappa shape index (κ1) is 15.9. The minimum absolute atomic E-state index is 0.450. The molecule has 0 amide bonds. The summed E-state index contributed by atoms with van der Waals surface area (Å²) in [6.45, 7) is 8.47. The second-order valence-corrected chi connectivity index (χ2v) is 5.71. The molecule has 0 aliphatic rings. The normalized spacial score (nSPS) is 11.1. The number of benzene rings is 1. The Morgan fingerprint density at radius 1 is 1.42 bits per heavy atom. The van der Waals surface area contributed by atoms with Gasteiger partial charge in [-0.2, -0.15) is 0 Å². The van der Waals surface area contributed by atoms with Gasteiger partial charge in [-0.3, -0.25) is 0 Å². The predicted molar refractivity (Wildman–Crippen MR) is 87.9 cm³/mol. The molecule has 1 aromatic rings. The van der Waals surface area contributed by atoms with E-state index in [2.05, 4.69) is 43.2 Å². The summed E-state index contributed by atoms with van der Waals surface area (Å²) >= 11 is 5.09. The van der Waals surface area contributed by atoms with E-state index in [1.807, 2.05) is 13.0 Å². The molecule has 106 valence electrons. The molecule has 0 bridgehead atoms. The minimum atomic E-state index is 0.450. The molecule has 0 unspecified atom stereocenters. The maximum absolute atomic E-state index is 5.76. The lowest BCUT2D eigenvalue weighted by molar-refractivity contribution is 0.273. The number of nitrogens with one attached hydrogen (secondary N) is 1. The minimum Gasteiger partial charge on any atom is -0.389 e. The van der Waals surface area contributed by atoms with Crippen LogP contribution in [0.2, 0.25) is 0 Å². The second kappa shape index (κ2) is 7.46. The molecule has 4 heteroatoms. The Kier molecular flexibility index (Phi) is 6.25. The molecular weight excluding hydrogens is 254 g/mol. The van der Waals surface area contributed by atoms with Crippen molar-refractivity contribution in [2.75, 3.05) is 25.5 Å². The van der Waals surface area contributed by atoms with Crippen LogP contribution in [0.15, 0.2) is 18.2 Å². The first-order valence-corrected chi connectivity index (χ1v) is 7.17. The molecule has 3 nitrogen and oxygen atoms in total. The van der Waals surface area contributed by atoms with E-state index >= 15 is 0 Å². The highest BCUT2D eigenvalue weighted by atomic mass is 32.1. The Morgan fingerprint density at radius 2 is 2.11 bits per heavy atom. The van der Waals surface area contributed by atoms with Gasteiger partial charge in [-0.05, 0) is 52.9 Å². The SMILES string of the molecule is Cc1ccc(NCCCN(C)C(C)C)c(C(N)=S)c1. The van der Waals surface area contributed by atoms with Crippen LogP contribution in [0.1, 0.15) is 31.4 Å². The Morgan fingerprint density at radius 3 is 2.68 bits per heavy atom. The zero-order valence-corrected chi connectivity index (χ0v) is 13.2. The number of anilines is 1. The van der Waals surface area contributed by atoms with Crippen molar-refractivity contribution in [3.63, 3.8) is 0 Å². The lowest BCUT2D eigenvalue weighted by Crippen LogP contribution is -2.28. The van der Waals surface area contributed by atoms with Gasteiger partial charge in [-0.1, -0.05) is 23.8 Å². The van der Waals surface area contributed by atoms with Crippen molar-refractivity contribution >= 4 is 22.9 Å². The van der Waals surface area contributed by atoms with Crippen LogP contribution in [0.25, 0.3) is 0 Å².